The Morgan fingerprint density at radius 2 is 1.94 bits per heavy atom. The van der Waals surface area contributed by atoms with Gasteiger partial charge in [-0.15, -0.1) is 24.0 Å². The number of halogens is 1. The Morgan fingerprint density at radius 1 is 1.23 bits per heavy atom. The molecule has 178 valence electrons. The molecule has 0 amide bonds. The highest BCUT2D eigenvalue weighted by molar-refractivity contribution is 14.0. The minimum absolute atomic E-state index is 0. The molecule has 1 fully saturated rings. The summed E-state index contributed by atoms with van der Waals surface area (Å²) >= 11 is 0. The number of ether oxygens (including phenoxy) is 1. The van der Waals surface area contributed by atoms with E-state index in [0.717, 1.165) is 37.2 Å². The number of benzene rings is 1. The van der Waals surface area contributed by atoms with Crippen molar-refractivity contribution in [2.45, 2.75) is 70.7 Å². The summed E-state index contributed by atoms with van der Waals surface area (Å²) in [7, 11) is -1.64. The lowest BCUT2D eigenvalue weighted by atomic mass is 9.67. The first-order chi connectivity index (χ1) is 14.2. The second-order valence-corrected chi connectivity index (χ2v) is 10.6. The van der Waals surface area contributed by atoms with Crippen LogP contribution in [-0.2, 0) is 14.6 Å². The molecule has 0 aromatic heterocycles. The fraction of sp³-hybridized carbons (Fsp3) is 0.696. The van der Waals surface area contributed by atoms with Gasteiger partial charge in [0.05, 0.1) is 10.6 Å². The first-order valence-electron chi connectivity index (χ1n) is 11.1. The van der Waals surface area contributed by atoms with Gasteiger partial charge in [-0.2, -0.15) is 0 Å². The van der Waals surface area contributed by atoms with E-state index in [1.165, 1.54) is 19.3 Å². The molecule has 1 aliphatic rings. The molecule has 8 heteroatoms. The molecule has 0 bridgehead atoms. The molecule has 0 aliphatic heterocycles. The largest absolute Gasteiger partial charge is 0.385 e. The van der Waals surface area contributed by atoms with Gasteiger partial charge < -0.3 is 15.4 Å². The maximum atomic E-state index is 13.0. The molecule has 0 saturated heterocycles. The van der Waals surface area contributed by atoms with Crippen LogP contribution in [0.5, 0.6) is 0 Å². The summed E-state index contributed by atoms with van der Waals surface area (Å²) in [4.78, 5) is 5.21. The third-order valence-electron chi connectivity index (χ3n) is 6.26. The van der Waals surface area contributed by atoms with Crippen molar-refractivity contribution in [1.82, 2.24) is 10.6 Å². The van der Waals surface area contributed by atoms with Gasteiger partial charge in [0, 0.05) is 32.8 Å². The fourth-order valence-electron chi connectivity index (χ4n) is 3.77. The molecule has 0 radical (unpaired) electrons. The average Bonchev–Trinajstić information content (AvgIpc) is 2.68. The summed E-state index contributed by atoms with van der Waals surface area (Å²) in [5.74, 6) is 0.744. The third-order valence-corrected chi connectivity index (χ3v) is 8.07. The average molecular weight is 566 g/mol. The smallest absolute Gasteiger partial charge is 0.191 e. The summed E-state index contributed by atoms with van der Waals surface area (Å²) in [5, 5.41) is 6.64. The molecule has 2 rings (SSSR count). The van der Waals surface area contributed by atoms with Gasteiger partial charge in [0.1, 0.15) is 0 Å². The number of nitrogens with one attached hydrogen (secondary N) is 2. The summed E-state index contributed by atoms with van der Waals surface area (Å²) in [6.45, 7) is 10.2. The zero-order valence-electron chi connectivity index (χ0n) is 19.7. The number of aryl methyl sites for hydroxylation is 2. The van der Waals surface area contributed by atoms with Crippen LogP contribution < -0.4 is 10.6 Å². The molecule has 6 nitrogen and oxygen atoms in total. The van der Waals surface area contributed by atoms with Gasteiger partial charge >= 0.3 is 0 Å². The van der Waals surface area contributed by atoms with Crippen LogP contribution in [0.3, 0.4) is 0 Å². The van der Waals surface area contributed by atoms with Gasteiger partial charge in [-0.3, -0.25) is 4.99 Å². The second-order valence-electron chi connectivity index (χ2n) is 8.57. The Balaban J connectivity index is 0.00000480. The zero-order chi connectivity index (χ0) is 22.2. The van der Waals surface area contributed by atoms with E-state index in [0.29, 0.717) is 17.3 Å². The van der Waals surface area contributed by atoms with Crippen molar-refractivity contribution < 1.29 is 13.2 Å². The van der Waals surface area contributed by atoms with Crippen molar-refractivity contribution in [2.75, 3.05) is 32.6 Å². The fourth-order valence-corrected chi connectivity index (χ4v) is 5.45. The van der Waals surface area contributed by atoms with Crippen LogP contribution >= 0.6 is 24.0 Å². The minimum Gasteiger partial charge on any atom is -0.385 e. The number of nitrogens with zero attached hydrogens (tertiary/aromatic N) is 1. The molecular formula is C23H40IN3O3S. The topological polar surface area (TPSA) is 79.8 Å². The Morgan fingerprint density at radius 3 is 2.45 bits per heavy atom. The van der Waals surface area contributed by atoms with E-state index in [4.69, 9.17) is 9.73 Å². The van der Waals surface area contributed by atoms with Crippen molar-refractivity contribution in [3.05, 3.63) is 29.3 Å². The molecule has 1 aromatic rings. The highest BCUT2D eigenvalue weighted by Crippen LogP contribution is 2.44. The van der Waals surface area contributed by atoms with Crippen LogP contribution in [0.15, 0.2) is 28.1 Å². The SMILES string of the molecule is CCNC(=NCC1(CCOC)CCC1)NC(CC)CS(=O)(=O)c1ccc(C)c(C)c1.I. The van der Waals surface area contributed by atoms with E-state index in [2.05, 4.69) is 10.6 Å². The van der Waals surface area contributed by atoms with Gasteiger partial charge in [-0.05, 0) is 75.1 Å². The van der Waals surface area contributed by atoms with Crippen LogP contribution in [0.25, 0.3) is 0 Å². The molecule has 1 atom stereocenters. The number of guanidine groups is 1. The van der Waals surface area contributed by atoms with Gasteiger partial charge in [-0.25, -0.2) is 8.42 Å². The number of rotatable bonds is 11. The van der Waals surface area contributed by atoms with Crippen LogP contribution in [0.2, 0.25) is 0 Å². The molecule has 1 aromatic carbocycles. The minimum atomic E-state index is -3.38. The lowest BCUT2D eigenvalue weighted by Crippen LogP contribution is -2.47. The predicted octanol–water partition coefficient (Wildman–Crippen LogP) is 4.24. The normalized spacial score (nSPS) is 16.7. The number of sulfone groups is 1. The van der Waals surface area contributed by atoms with E-state index < -0.39 is 9.84 Å². The third kappa shape index (κ3) is 8.20. The van der Waals surface area contributed by atoms with Crippen molar-refractivity contribution in [1.29, 1.82) is 0 Å². The van der Waals surface area contributed by atoms with Gasteiger partial charge in [0.15, 0.2) is 15.8 Å². The van der Waals surface area contributed by atoms with E-state index in [1.807, 2.05) is 33.8 Å². The van der Waals surface area contributed by atoms with Crippen LogP contribution in [0.1, 0.15) is 57.1 Å². The number of methoxy groups -OCH3 is 1. The Bertz CT molecular complexity index is 823. The monoisotopic (exact) mass is 565 g/mol. The summed E-state index contributed by atoms with van der Waals surface area (Å²) < 4.78 is 31.2. The summed E-state index contributed by atoms with van der Waals surface area (Å²) in [6.07, 6.45) is 5.32. The van der Waals surface area contributed by atoms with E-state index in [9.17, 15) is 8.42 Å². The first-order valence-corrected chi connectivity index (χ1v) is 12.7. The highest BCUT2D eigenvalue weighted by Gasteiger charge is 2.36. The molecule has 0 spiro atoms. The standard InChI is InChI=1S/C23H39N3O3S.HI/c1-6-20(16-30(27,28)21-10-9-18(3)19(4)15-21)26-22(24-7-2)25-17-23(11-8-12-23)13-14-29-5;/h9-10,15,20H,6-8,11-14,16-17H2,1-5H3,(H2,24,25,26);1H. The lowest BCUT2D eigenvalue weighted by molar-refractivity contribution is 0.0778. The number of hydrogen-bond acceptors (Lipinski definition) is 4. The predicted molar refractivity (Wildman–Crippen MR) is 139 cm³/mol. The summed E-state index contributed by atoms with van der Waals surface area (Å²) in [6, 6.07) is 5.15. The van der Waals surface area contributed by atoms with Gasteiger partial charge in [0.25, 0.3) is 0 Å². The Kier molecular flexibility index (Phi) is 11.8. The first kappa shape index (κ1) is 28.2. The van der Waals surface area contributed by atoms with Crippen molar-refractivity contribution in [3.63, 3.8) is 0 Å². The van der Waals surface area contributed by atoms with Crippen molar-refractivity contribution in [2.24, 2.45) is 10.4 Å². The molecule has 0 heterocycles. The van der Waals surface area contributed by atoms with Crippen LogP contribution in [-0.4, -0.2) is 53.0 Å². The lowest BCUT2D eigenvalue weighted by Gasteiger charge is -2.41. The van der Waals surface area contributed by atoms with E-state index in [1.54, 1.807) is 19.2 Å². The number of hydrogen-bond donors (Lipinski definition) is 2. The van der Waals surface area contributed by atoms with E-state index in [-0.39, 0.29) is 41.2 Å². The second kappa shape index (κ2) is 13.0. The quantitative estimate of drug-likeness (QED) is 0.239. The van der Waals surface area contributed by atoms with E-state index >= 15 is 0 Å². The highest BCUT2D eigenvalue weighted by atomic mass is 127. The molecule has 1 saturated carbocycles. The van der Waals surface area contributed by atoms with Gasteiger partial charge in [-0.1, -0.05) is 19.4 Å². The molecule has 1 aliphatic carbocycles. The van der Waals surface area contributed by atoms with Crippen LogP contribution in [0, 0.1) is 19.3 Å². The Hall–Kier alpha value is -0.870. The maximum absolute atomic E-state index is 13.0. The molecule has 2 N–H and O–H groups in total. The number of aliphatic imine (C=N–C) groups is 1. The molecule has 1 unspecified atom stereocenters. The Labute approximate surface area is 206 Å². The van der Waals surface area contributed by atoms with Crippen molar-refractivity contribution in [3.8, 4) is 0 Å². The summed E-state index contributed by atoms with van der Waals surface area (Å²) in [5.41, 5.74) is 2.32. The zero-order valence-corrected chi connectivity index (χ0v) is 22.8. The maximum Gasteiger partial charge on any atom is 0.191 e. The van der Waals surface area contributed by atoms with Crippen molar-refractivity contribution >= 4 is 39.8 Å². The van der Waals surface area contributed by atoms with Gasteiger partial charge in [0.2, 0.25) is 0 Å². The molecule has 31 heavy (non-hydrogen) atoms. The molecular weight excluding hydrogens is 525 g/mol. The van der Waals surface area contributed by atoms with Crippen LogP contribution in [0.4, 0.5) is 0 Å².